The predicted octanol–water partition coefficient (Wildman–Crippen LogP) is 8.13. The van der Waals surface area contributed by atoms with Crippen LogP contribution < -0.4 is 10.6 Å². The molecule has 0 radical (unpaired) electrons. The summed E-state index contributed by atoms with van der Waals surface area (Å²) in [6.45, 7) is 0. The Labute approximate surface area is 180 Å². The molecular weight excluding hydrogens is 405 g/mol. The van der Waals surface area contributed by atoms with Crippen LogP contribution in [0.2, 0.25) is 0 Å². The Hall–Kier alpha value is -1.05. The molecule has 1 heterocycles. The summed E-state index contributed by atoms with van der Waals surface area (Å²) in [6, 6.07) is 31.9. The number of hydrogen-bond acceptors (Lipinski definition) is 0. The summed E-state index contributed by atoms with van der Waals surface area (Å²) in [7, 11) is 0.961. The van der Waals surface area contributed by atoms with E-state index in [0.717, 1.165) is 8.27 Å². The lowest BCUT2D eigenvalue weighted by molar-refractivity contribution is 0.629. The van der Waals surface area contributed by atoms with Crippen LogP contribution in [0.3, 0.4) is 0 Å². The van der Waals surface area contributed by atoms with Crippen molar-refractivity contribution in [3.8, 4) is 11.1 Å². The van der Waals surface area contributed by atoms with Crippen molar-refractivity contribution < 1.29 is 0 Å². The monoisotopic (exact) mass is 436 g/mol. The minimum atomic E-state index is -0.0950. The summed E-state index contributed by atoms with van der Waals surface area (Å²) in [5.41, 5.74) is 2.66. The number of hydrogen-bond donors (Lipinski definition) is 0. The molecule has 4 rings (SSSR count). The molecule has 0 spiro atoms. The van der Waals surface area contributed by atoms with E-state index in [2.05, 4.69) is 84.9 Å². The molecule has 3 aromatic rings. The molecule has 29 heavy (non-hydrogen) atoms. The first kappa shape index (κ1) is 21.2. The van der Waals surface area contributed by atoms with E-state index in [4.69, 9.17) is 0 Å². The van der Waals surface area contributed by atoms with Gasteiger partial charge in [0, 0.05) is 0 Å². The van der Waals surface area contributed by atoms with Gasteiger partial charge in [-0.1, -0.05) is 119 Å². The summed E-state index contributed by atoms with van der Waals surface area (Å²) in [6.07, 6.45) is 11.4. The van der Waals surface area contributed by atoms with Crippen LogP contribution in [-0.4, -0.2) is 12.3 Å². The SMILES string of the molecule is c1ccc(-c2ccc(P3CCCCCCCCPP3c3ccccc3)cc2)cc1. The first-order chi connectivity index (χ1) is 14.4. The van der Waals surface area contributed by atoms with Crippen molar-refractivity contribution in [3.05, 3.63) is 84.9 Å². The molecule has 1 aliphatic rings. The quantitative estimate of drug-likeness (QED) is 0.364. The summed E-state index contributed by atoms with van der Waals surface area (Å²) in [5, 5.41) is 3.26. The summed E-state index contributed by atoms with van der Waals surface area (Å²) in [4.78, 5) is 0. The van der Waals surface area contributed by atoms with Gasteiger partial charge in [0.25, 0.3) is 0 Å². The second-order valence-electron chi connectivity index (χ2n) is 7.71. The Morgan fingerprint density at radius 1 is 0.517 bits per heavy atom. The zero-order valence-corrected chi connectivity index (χ0v) is 19.9. The second kappa shape index (κ2) is 11.4. The van der Waals surface area contributed by atoms with E-state index in [1.165, 1.54) is 62.0 Å². The van der Waals surface area contributed by atoms with Gasteiger partial charge in [0.1, 0.15) is 0 Å². The molecule has 1 saturated heterocycles. The van der Waals surface area contributed by atoms with E-state index >= 15 is 0 Å². The zero-order chi connectivity index (χ0) is 19.7. The molecule has 0 amide bonds. The smallest absolute Gasteiger partial charge is 0.0153 e. The topological polar surface area (TPSA) is 0 Å². The highest BCUT2D eigenvalue weighted by molar-refractivity contribution is 8.60. The predicted molar refractivity (Wildman–Crippen MR) is 137 cm³/mol. The Kier molecular flexibility index (Phi) is 8.31. The highest BCUT2D eigenvalue weighted by atomic mass is 32.5. The molecule has 0 aromatic heterocycles. The van der Waals surface area contributed by atoms with Crippen LogP contribution in [0.1, 0.15) is 38.5 Å². The highest BCUT2D eigenvalue weighted by Gasteiger charge is 2.24. The first-order valence-corrected chi connectivity index (χ1v) is 16.6. The van der Waals surface area contributed by atoms with Gasteiger partial charge in [0.15, 0.2) is 0 Å². The Morgan fingerprint density at radius 3 is 1.83 bits per heavy atom. The third kappa shape index (κ3) is 5.98. The molecule has 3 unspecified atom stereocenters. The van der Waals surface area contributed by atoms with Gasteiger partial charge in [0.2, 0.25) is 0 Å². The van der Waals surface area contributed by atoms with Gasteiger partial charge in [-0.05, 0) is 61.8 Å². The van der Waals surface area contributed by atoms with Gasteiger partial charge in [0.05, 0.1) is 0 Å². The maximum absolute atomic E-state index is 2.45. The van der Waals surface area contributed by atoms with E-state index in [1.807, 2.05) is 0 Å². The van der Waals surface area contributed by atoms with Gasteiger partial charge in [-0.25, -0.2) is 0 Å². The molecule has 0 aliphatic carbocycles. The van der Waals surface area contributed by atoms with Crippen molar-refractivity contribution in [3.63, 3.8) is 0 Å². The lowest BCUT2D eigenvalue weighted by Crippen LogP contribution is -2.07. The maximum atomic E-state index is 2.45. The van der Waals surface area contributed by atoms with Crippen molar-refractivity contribution in [2.24, 2.45) is 0 Å². The summed E-state index contributed by atoms with van der Waals surface area (Å²) < 4.78 is 0. The van der Waals surface area contributed by atoms with E-state index < -0.39 is 0 Å². The minimum absolute atomic E-state index is 0.0622. The zero-order valence-electron chi connectivity index (χ0n) is 17.1. The van der Waals surface area contributed by atoms with Crippen LogP contribution in [0.4, 0.5) is 0 Å². The van der Waals surface area contributed by atoms with E-state index in [0.29, 0.717) is 0 Å². The highest BCUT2D eigenvalue weighted by Crippen LogP contribution is 2.77. The fourth-order valence-corrected chi connectivity index (χ4v) is 17.7. The molecule has 0 nitrogen and oxygen atoms in total. The number of benzene rings is 3. The Balaban J connectivity index is 1.63. The van der Waals surface area contributed by atoms with Crippen molar-refractivity contribution in [2.45, 2.75) is 38.5 Å². The van der Waals surface area contributed by atoms with Crippen molar-refractivity contribution in [2.75, 3.05) is 12.3 Å². The van der Waals surface area contributed by atoms with Crippen LogP contribution in [0.5, 0.6) is 0 Å². The lowest BCUT2D eigenvalue weighted by atomic mass is 10.1. The lowest BCUT2D eigenvalue weighted by Gasteiger charge is -2.29. The van der Waals surface area contributed by atoms with Gasteiger partial charge in [-0.15, -0.1) is 0 Å². The first-order valence-electron chi connectivity index (χ1n) is 10.9. The third-order valence-corrected chi connectivity index (χ3v) is 18.6. The fourth-order valence-electron chi connectivity index (χ4n) is 3.96. The van der Waals surface area contributed by atoms with Crippen LogP contribution in [0.15, 0.2) is 84.9 Å². The number of rotatable bonds is 3. The van der Waals surface area contributed by atoms with Crippen molar-refractivity contribution in [1.82, 2.24) is 0 Å². The Bertz CT molecular complexity index is 846. The molecule has 3 heteroatoms. The van der Waals surface area contributed by atoms with E-state index in [-0.39, 0.29) is 14.9 Å². The van der Waals surface area contributed by atoms with E-state index in [9.17, 15) is 0 Å². The molecule has 3 atom stereocenters. The van der Waals surface area contributed by atoms with Gasteiger partial charge in [-0.3, -0.25) is 0 Å². The van der Waals surface area contributed by atoms with E-state index in [1.54, 1.807) is 10.6 Å². The molecule has 0 N–H and O–H groups in total. The molecule has 0 bridgehead atoms. The second-order valence-corrected chi connectivity index (χ2v) is 17.5. The van der Waals surface area contributed by atoms with Gasteiger partial charge in [-0.2, -0.15) is 0 Å². The summed E-state index contributed by atoms with van der Waals surface area (Å²) in [5.74, 6) is 0. The molecule has 150 valence electrons. The largest absolute Gasteiger partial charge is 0.0866 e. The molecule has 3 aromatic carbocycles. The average Bonchev–Trinajstić information content (AvgIpc) is 2.85. The Morgan fingerprint density at radius 2 is 1.10 bits per heavy atom. The molecule has 1 aliphatic heterocycles. The summed E-state index contributed by atoms with van der Waals surface area (Å²) >= 11 is 0. The average molecular weight is 436 g/mol. The normalized spacial score (nSPS) is 22.1. The maximum Gasteiger partial charge on any atom is -0.0153 e. The molecule has 1 fully saturated rings. The minimum Gasteiger partial charge on any atom is -0.0866 e. The van der Waals surface area contributed by atoms with Crippen LogP contribution in [-0.2, 0) is 0 Å². The fraction of sp³-hybridized carbons (Fsp3) is 0.308. The van der Waals surface area contributed by atoms with Crippen molar-refractivity contribution in [1.29, 1.82) is 0 Å². The van der Waals surface area contributed by atoms with Crippen LogP contribution in [0.25, 0.3) is 11.1 Å². The standard InChI is InChI=1S/C26H31P3/c1-2-4-12-22-28(29(27-21-11-3-1)26-15-9-6-10-16-26)25-19-17-24(18-20-25)23-13-7-5-8-14-23/h5-10,13-20,27H,1-4,11-12,21-22H2. The van der Waals surface area contributed by atoms with Crippen LogP contribution >= 0.6 is 23.2 Å². The third-order valence-electron chi connectivity index (χ3n) is 5.57. The van der Waals surface area contributed by atoms with Gasteiger partial charge < -0.3 is 0 Å². The molecular formula is C26H31P3. The van der Waals surface area contributed by atoms with Gasteiger partial charge >= 0.3 is 0 Å². The molecule has 0 saturated carbocycles. The van der Waals surface area contributed by atoms with Crippen LogP contribution in [0, 0.1) is 0 Å². The van der Waals surface area contributed by atoms with Crippen molar-refractivity contribution >= 4 is 33.8 Å².